The van der Waals surface area contributed by atoms with Gasteiger partial charge in [0, 0.05) is 26.2 Å². The van der Waals surface area contributed by atoms with Crippen molar-refractivity contribution in [3.8, 4) is 0 Å². The molecule has 1 heterocycles. The normalized spacial score (nSPS) is 18.2. The van der Waals surface area contributed by atoms with E-state index in [-0.39, 0.29) is 12.0 Å². The van der Waals surface area contributed by atoms with E-state index in [0.29, 0.717) is 23.7 Å². The summed E-state index contributed by atoms with van der Waals surface area (Å²) < 4.78 is 5.67. The molecule has 2 rings (SSSR count). The first-order valence-electron chi connectivity index (χ1n) is 7.38. The van der Waals surface area contributed by atoms with Crippen molar-refractivity contribution in [3.05, 3.63) is 34.9 Å². The molecule has 0 unspecified atom stereocenters. The molecule has 5 heteroatoms. The van der Waals surface area contributed by atoms with E-state index in [4.69, 9.17) is 16.3 Å². The summed E-state index contributed by atoms with van der Waals surface area (Å²) >= 11 is 6.15. The van der Waals surface area contributed by atoms with Crippen LogP contribution in [0.3, 0.4) is 0 Å². The molecule has 1 aliphatic rings. The lowest BCUT2D eigenvalue weighted by Gasteiger charge is -2.27. The molecule has 1 atom stereocenters. The van der Waals surface area contributed by atoms with E-state index in [2.05, 4.69) is 4.90 Å². The zero-order valence-electron chi connectivity index (χ0n) is 12.7. The van der Waals surface area contributed by atoms with E-state index >= 15 is 0 Å². The second-order valence-corrected chi connectivity index (χ2v) is 6.08. The Hall–Kier alpha value is -1.10. The van der Waals surface area contributed by atoms with Gasteiger partial charge >= 0.3 is 0 Å². The summed E-state index contributed by atoms with van der Waals surface area (Å²) in [4.78, 5) is 16.7. The summed E-state index contributed by atoms with van der Waals surface area (Å²) in [6, 6.07) is 7.21. The van der Waals surface area contributed by atoms with Crippen molar-refractivity contribution in [1.82, 2.24) is 9.80 Å². The van der Waals surface area contributed by atoms with Crippen molar-refractivity contribution in [2.75, 3.05) is 40.3 Å². The lowest BCUT2D eigenvalue weighted by atomic mass is 10.1. The number of hydrogen-bond donors (Lipinski definition) is 0. The Morgan fingerprint density at radius 2 is 2.10 bits per heavy atom. The van der Waals surface area contributed by atoms with Crippen LogP contribution in [0.15, 0.2) is 24.3 Å². The van der Waals surface area contributed by atoms with Gasteiger partial charge in [0.15, 0.2) is 0 Å². The summed E-state index contributed by atoms with van der Waals surface area (Å²) in [5.41, 5.74) is 0.566. The molecule has 0 N–H and O–H groups in total. The molecule has 0 bridgehead atoms. The highest BCUT2D eigenvalue weighted by atomic mass is 35.5. The van der Waals surface area contributed by atoms with Crippen molar-refractivity contribution >= 4 is 17.5 Å². The Morgan fingerprint density at radius 3 is 2.71 bits per heavy atom. The molecule has 0 aliphatic carbocycles. The number of carbonyl (C=O) groups is 1. The highest BCUT2D eigenvalue weighted by Crippen LogP contribution is 2.19. The maximum Gasteiger partial charge on any atom is 0.255 e. The molecule has 1 amide bonds. The highest BCUT2D eigenvalue weighted by Gasteiger charge is 2.24. The Morgan fingerprint density at radius 1 is 1.33 bits per heavy atom. The fourth-order valence-electron chi connectivity index (χ4n) is 2.44. The van der Waals surface area contributed by atoms with Crippen molar-refractivity contribution < 1.29 is 9.53 Å². The number of halogens is 1. The van der Waals surface area contributed by atoms with Gasteiger partial charge in [0.05, 0.1) is 16.7 Å². The Labute approximate surface area is 131 Å². The standard InChI is InChI=1S/C16H23ClN2O2/c1-18(2)9-10-19(12-13-6-5-11-21-13)16(20)14-7-3-4-8-15(14)17/h3-4,7-8,13H,5-6,9-12H2,1-2H3/t13-/m0/s1. The zero-order chi connectivity index (χ0) is 15.2. The maximum absolute atomic E-state index is 12.7. The summed E-state index contributed by atoms with van der Waals surface area (Å²) in [6.07, 6.45) is 2.25. The fourth-order valence-corrected chi connectivity index (χ4v) is 2.65. The van der Waals surface area contributed by atoms with E-state index in [9.17, 15) is 4.79 Å². The molecule has 0 spiro atoms. The van der Waals surface area contributed by atoms with Gasteiger partial charge in [0.1, 0.15) is 0 Å². The van der Waals surface area contributed by atoms with Gasteiger partial charge in [-0.05, 0) is 39.1 Å². The Kier molecular flexibility index (Phi) is 6.03. The van der Waals surface area contributed by atoms with Gasteiger partial charge < -0.3 is 14.5 Å². The van der Waals surface area contributed by atoms with Gasteiger partial charge in [0.2, 0.25) is 0 Å². The summed E-state index contributed by atoms with van der Waals surface area (Å²) in [5, 5.41) is 0.504. The predicted octanol–water partition coefficient (Wildman–Crippen LogP) is 2.52. The van der Waals surface area contributed by atoms with Crippen LogP contribution in [0.4, 0.5) is 0 Å². The summed E-state index contributed by atoms with van der Waals surface area (Å²) in [7, 11) is 4.01. The predicted molar refractivity (Wildman–Crippen MR) is 84.9 cm³/mol. The number of hydrogen-bond acceptors (Lipinski definition) is 3. The van der Waals surface area contributed by atoms with Gasteiger partial charge in [-0.2, -0.15) is 0 Å². The third kappa shape index (κ3) is 4.70. The molecule has 0 aromatic heterocycles. The van der Waals surface area contributed by atoms with Crippen molar-refractivity contribution in [3.63, 3.8) is 0 Å². The number of ether oxygens (including phenoxy) is 1. The van der Waals surface area contributed by atoms with E-state index < -0.39 is 0 Å². The van der Waals surface area contributed by atoms with Crippen LogP contribution in [0.25, 0.3) is 0 Å². The molecule has 1 fully saturated rings. The first-order chi connectivity index (χ1) is 10.1. The van der Waals surface area contributed by atoms with Crippen molar-refractivity contribution in [1.29, 1.82) is 0 Å². The molecule has 1 saturated heterocycles. The molecule has 1 aliphatic heterocycles. The van der Waals surface area contributed by atoms with Crippen molar-refractivity contribution in [2.24, 2.45) is 0 Å². The molecule has 1 aromatic carbocycles. The van der Waals surface area contributed by atoms with E-state index in [1.54, 1.807) is 12.1 Å². The van der Waals surface area contributed by atoms with Gasteiger partial charge in [0.25, 0.3) is 5.91 Å². The summed E-state index contributed by atoms with van der Waals surface area (Å²) in [5.74, 6) is -0.0158. The maximum atomic E-state index is 12.7. The fraction of sp³-hybridized carbons (Fsp3) is 0.562. The SMILES string of the molecule is CN(C)CCN(C[C@@H]1CCCO1)C(=O)c1ccccc1Cl. The van der Waals surface area contributed by atoms with Crippen LogP contribution >= 0.6 is 11.6 Å². The molecule has 1 aromatic rings. The first kappa shape index (κ1) is 16.3. The van der Waals surface area contributed by atoms with Crippen LogP contribution in [0, 0.1) is 0 Å². The second kappa shape index (κ2) is 7.78. The Bertz CT molecular complexity index is 473. The van der Waals surface area contributed by atoms with Crippen LogP contribution in [-0.4, -0.2) is 62.1 Å². The van der Waals surface area contributed by atoms with E-state index in [1.165, 1.54) is 0 Å². The molecule has 116 valence electrons. The average molecular weight is 311 g/mol. The number of amides is 1. The number of rotatable bonds is 6. The molecule has 21 heavy (non-hydrogen) atoms. The van der Waals surface area contributed by atoms with Crippen LogP contribution in [-0.2, 0) is 4.74 Å². The minimum Gasteiger partial charge on any atom is -0.376 e. The molecule has 4 nitrogen and oxygen atoms in total. The third-order valence-corrected chi connectivity index (χ3v) is 3.99. The highest BCUT2D eigenvalue weighted by molar-refractivity contribution is 6.33. The van der Waals surface area contributed by atoms with E-state index in [0.717, 1.165) is 26.0 Å². The molecular formula is C16H23ClN2O2. The number of benzene rings is 1. The van der Waals surface area contributed by atoms with Crippen LogP contribution in [0.1, 0.15) is 23.2 Å². The zero-order valence-corrected chi connectivity index (χ0v) is 13.5. The average Bonchev–Trinajstić information content (AvgIpc) is 2.96. The Balaban J connectivity index is 2.09. The number of likely N-dealkylation sites (N-methyl/N-ethyl adjacent to an activating group) is 1. The molecule has 0 saturated carbocycles. The smallest absolute Gasteiger partial charge is 0.255 e. The quantitative estimate of drug-likeness (QED) is 0.809. The minimum atomic E-state index is -0.0158. The largest absolute Gasteiger partial charge is 0.376 e. The lowest BCUT2D eigenvalue weighted by molar-refractivity contribution is 0.0512. The first-order valence-corrected chi connectivity index (χ1v) is 7.76. The lowest BCUT2D eigenvalue weighted by Crippen LogP contribution is -2.41. The van der Waals surface area contributed by atoms with Gasteiger partial charge in [-0.25, -0.2) is 0 Å². The van der Waals surface area contributed by atoms with Gasteiger partial charge in [-0.3, -0.25) is 4.79 Å². The van der Waals surface area contributed by atoms with Crippen molar-refractivity contribution in [2.45, 2.75) is 18.9 Å². The van der Waals surface area contributed by atoms with Crippen LogP contribution in [0.2, 0.25) is 5.02 Å². The summed E-state index contributed by atoms with van der Waals surface area (Å²) in [6.45, 7) is 2.93. The van der Waals surface area contributed by atoms with Gasteiger partial charge in [-0.15, -0.1) is 0 Å². The number of nitrogens with zero attached hydrogens (tertiary/aromatic N) is 2. The number of carbonyl (C=O) groups excluding carboxylic acids is 1. The molecule has 0 radical (unpaired) electrons. The molecular weight excluding hydrogens is 288 g/mol. The minimum absolute atomic E-state index is 0.0158. The van der Waals surface area contributed by atoms with Crippen LogP contribution < -0.4 is 0 Å². The monoisotopic (exact) mass is 310 g/mol. The van der Waals surface area contributed by atoms with E-state index in [1.807, 2.05) is 31.1 Å². The van der Waals surface area contributed by atoms with Gasteiger partial charge in [-0.1, -0.05) is 23.7 Å². The third-order valence-electron chi connectivity index (χ3n) is 3.66. The van der Waals surface area contributed by atoms with Crippen LogP contribution in [0.5, 0.6) is 0 Å². The topological polar surface area (TPSA) is 32.8 Å². The second-order valence-electron chi connectivity index (χ2n) is 5.67.